The molecule has 1 aliphatic heterocycles. The van der Waals surface area contributed by atoms with E-state index in [9.17, 15) is 9.59 Å². The maximum Gasteiger partial charge on any atom is 0.300 e. The first-order valence-electron chi connectivity index (χ1n) is 4.97. The first kappa shape index (κ1) is 10.4. The number of carbonyl (C=O) groups is 2. The second-order valence-electron chi connectivity index (χ2n) is 3.83. The predicted octanol–water partition coefficient (Wildman–Crippen LogP) is 1.47. The van der Waals surface area contributed by atoms with Gasteiger partial charge in [0.05, 0.1) is 17.8 Å². The Morgan fingerprint density at radius 2 is 2.00 bits per heavy atom. The molecule has 1 aliphatic rings. The van der Waals surface area contributed by atoms with Gasteiger partial charge in [-0.05, 0) is 31.0 Å². The van der Waals surface area contributed by atoms with Gasteiger partial charge < -0.3 is 0 Å². The highest BCUT2D eigenvalue weighted by atomic mass is 16.2. The van der Waals surface area contributed by atoms with E-state index in [4.69, 9.17) is 6.42 Å². The van der Waals surface area contributed by atoms with Gasteiger partial charge in [-0.15, -0.1) is 6.42 Å². The highest BCUT2D eigenvalue weighted by Gasteiger charge is 2.36. The first-order chi connectivity index (χ1) is 7.57. The van der Waals surface area contributed by atoms with E-state index in [0.717, 1.165) is 11.1 Å². The van der Waals surface area contributed by atoms with Gasteiger partial charge in [0.2, 0.25) is 0 Å². The summed E-state index contributed by atoms with van der Waals surface area (Å²) < 4.78 is 0. The smallest absolute Gasteiger partial charge is 0.293 e. The highest BCUT2D eigenvalue weighted by Crippen LogP contribution is 2.33. The molecular weight excluding hydrogens is 202 g/mol. The molecule has 3 nitrogen and oxygen atoms in total. The number of terminal acetylenes is 1. The summed E-state index contributed by atoms with van der Waals surface area (Å²) in [7, 11) is 0. The molecule has 2 rings (SSSR count). The van der Waals surface area contributed by atoms with Crippen LogP contribution in [0.1, 0.15) is 21.5 Å². The van der Waals surface area contributed by atoms with Gasteiger partial charge in [0.25, 0.3) is 11.7 Å². The van der Waals surface area contributed by atoms with E-state index in [1.807, 2.05) is 19.9 Å². The van der Waals surface area contributed by atoms with Crippen LogP contribution in [0.4, 0.5) is 5.69 Å². The Balaban J connectivity index is 2.68. The average Bonchev–Trinajstić information content (AvgIpc) is 2.50. The fourth-order valence-electron chi connectivity index (χ4n) is 1.91. The summed E-state index contributed by atoms with van der Waals surface area (Å²) in [5, 5.41) is 0. The van der Waals surface area contributed by atoms with Gasteiger partial charge in [-0.2, -0.15) is 0 Å². The summed E-state index contributed by atoms with van der Waals surface area (Å²) in [4.78, 5) is 24.8. The lowest BCUT2D eigenvalue weighted by Crippen LogP contribution is -2.30. The molecule has 0 fully saturated rings. The summed E-state index contributed by atoms with van der Waals surface area (Å²) in [5.74, 6) is 1.41. The zero-order valence-corrected chi connectivity index (χ0v) is 9.20. The summed E-state index contributed by atoms with van der Waals surface area (Å²) in [6, 6.07) is 3.53. The normalized spacial score (nSPS) is 13.9. The van der Waals surface area contributed by atoms with Gasteiger partial charge in [-0.1, -0.05) is 12.0 Å². The Kier molecular flexibility index (Phi) is 2.28. The second kappa shape index (κ2) is 3.49. The molecular formula is C13H11NO2. The van der Waals surface area contributed by atoms with E-state index in [-0.39, 0.29) is 6.54 Å². The minimum Gasteiger partial charge on any atom is -0.293 e. The summed E-state index contributed by atoms with van der Waals surface area (Å²) in [6.45, 7) is 3.97. The molecule has 16 heavy (non-hydrogen) atoms. The molecule has 0 atom stereocenters. The standard InChI is InChI=1S/C13H11NO2/c1-4-7-14-11-9(3)8(2)5-6-10(11)12(15)13(14)16/h1,5-6H,7H2,2-3H3. The maximum absolute atomic E-state index is 11.7. The van der Waals surface area contributed by atoms with Crippen molar-refractivity contribution in [1.82, 2.24) is 0 Å². The number of benzene rings is 1. The predicted molar refractivity (Wildman–Crippen MR) is 61.4 cm³/mol. The zero-order valence-electron chi connectivity index (χ0n) is 9.20. The number of rotatable bonds is 1. The van der Waals surface area contributed by atoms with Crippen LogP contribution in [0.15, 0.2) is 12.1 Å². The van der Waals surface area contributed by atoms with Crippen LogP contribution in [0.2, 0.25) is 0 Å². The third-order valence-corrected chi connectivity index (χ3v) is 2.91. The van der Waals surface area contributed by atoms with Gasteiger partial charge in [0, 0.05) is 0 Å². The fraction of sp³-hybridized carbons (Fsp3) is 0.231. The van der Waals surface area contributed by atoms with E-state index in [1.54, 1.807) is 6.07 Å². The lowest BCUT2D eigenvalue weighted by molar-refractivity contribution is -0.114. The second-order valence-corrected chi connectivity index (χ2v) is 3.83. The highest BCUT2D eigenvalue weighted by molar-refractivity contribution is 6.52. The van der Waals surface area contributed by atoms with Gasteiger partial charge in [-0.3, -0.25) is 14.5 Å². The van der Waals surface area contributed by atoms with Crippen molar-refractivity contribution in [3.05, 3.63) is 28.8 Å². The Morgan fingerprint density at radius 1 is 1.31 bits per heavy atom. The van der Waals surface area contributed by atoms with Crippen molar-refractivity contribution in [3.63, 3.8) is 0 Å². The number of hydrogen-bond donors (Lipinski definition) is 0. The first-order valence-corrected chi connectivity index (χ1v) is 4.97. The van der Waals surface area contributed by atoms with Crippen molar-refractivity contribution < 1.29 is 9.59 Å². The molecule has 0 radical (unpaired) electrons. The van der Waals surface area contributed by atoms with Crippen molar-refractivity contribution in [1.29, 1.82) is 0 Å². The monoisotopic (exact) mass is 213 g/mol. The summed E-state index contributed by atoms with van der Waals surface area (Å²) in [6.07, 6.45) is 5.21. The number of Topliss-reactive ketones (excluding diaryl/α,β-unsaturated/α-hetero) is 1. The van der Waals surface area contributed by atoms with Crippen LogP contribution in [-0.2, 0) is 4.79 Å². The van der Waals surface area contributed by atoms with Crippen LogP contribution in [-0.4, -0.2) is 18.2 Å². The Labute approximate surface area is 94.1 Å². The van der Waals surface area contributed by atoms with E-state index < -0.39 is 11.7 Å². The summed E-state index contributed by atoms with van der Waals surface area (Å²) >= 11 is 0. The quantitative estimate of drug-likeness (QED) is 0.523. The Morgan fingerprint density at radius 3 is 2.62 bits per heavy atom. The molecule has 0 aliphatic carbocycles. The van der Waals surface area contributed by atoms with Crippen LogP contribution >= 0.6 is 0 Å². The van der Waals surface area contributed by atoms with Crippen molar-refractivity contribution >= 4 is 17.4 Å². The van der Waals surface area contributed by atoms with Crippen molar-refractivity contribution in [2.45, 2.75) is 13.8 Å². The minimum absolute atomic E-state index is 0.141. The third kappa shape index (κ3) is 1.24. The fourth-order valence-corrected chi connectivity index (χ4v) is 1.91. The van der Waals surface area contributed by atoms with E-state index >= 15 is 0 Å². The van der Waals surface area contributed by atoms with Crippen molar-refractivity contribution in [2.75, 3.05) is 11.4 Å². The van der Waals surface area contributed by atoms with Crippen molar-refractivity contribution in [3.8, 4) is 12.3 Å². The SMILES string of the molecule is C#CCN1C(=O)C(=O)c2ccc(C)c(C)c21. The number of carbonyl (C=O) groups excluding carboxylic acids is 2. The number of hydrogen-bond acceptors (Lipinski definition) is 2. The Bertz CT molecular complexity index is 538. The van der Waals surface area contributed by atoms with Gasteiger partial charge in [-0.25, -0.2) is 0 Å². The lowest BCUT2D eigenvalue weighted by Gasteiger charge is -2.16. The topological polar surface area (TPSA) is 37.4 Å². The van der Waals surface area contributed by atoms with Crippen molar-refractivity contribution in [2.24, 2.45) is 0 Å². The number of fused-ring (bicyclic) bond motifs is 1. The number of ketones is 1. The third-order valence-electron chi connectivity index (χ3n) is 2.91. The average molecular weight is 213 g/mol. The molecule has 1 amide bonds. The molecule has 1 aromatic carbocycles. The zero-order chi connectivity index (χ0) is 11.9. The van der Waals surface area contributed by atoms with Gasteiger partial charge in [0.1, 0.15) is 0 Å². The molecule has 0 N–H and O–H groups in total. The molecule has 3 heteroatoms. The van der Waals surface area contributed by atoms with Crippen LogP contribution in [0, 0.1) is 26.2 Å². The Hall–Kier alpha value is -2.08. The van der Waals surface area contributed by atoms with E-state index in [0.29, 0.717) is 11.3 Å². The molecule has 1 aromatic rings. The van der Waals surface area contributed by atoms with E-state index in [2.05, 4.69) is 5.92 Å². The molecule has 0 aromatic heterocycles. The maximum atomic E-state index is 11.7. The van der Waals surface area contributed by atoms with Crippen LogP contribution in [0.3, 0.4) is 0 Å². The molecule has 0 spiro atoms. The molecule has 0 saturated heterocycles. The van der Waals surface area contributed by atoms with Gasteiger partial charge >= 0.3 is 0 Å². The molecule has 0 saturated carbocycles. The summed E-state index contributed by atoms with van der Waals surface area (Å²) in [5.41, 5.74) is 3.12. The van der Waals surface area contributed by atoms with Gasteiger partial charge in [0.15, 0.2) is 0 Å². The van der Waals surface area contributed by atoms with Crippen LogP contribution in [0.5, 0.6) is 0 Å². The molecule has 0 unspecified atom stereocenters. The lowest BCUT2D eigenvalue weighted by atomic mass is 10.0. The number of anilines is 1. The molecule has 80 valence electrons. The minimum atomic E-state index is -0.526. The van der Waals surface area contributed by atoms with Crippen LogP contribution < -0.4 is 4.90 Å². The molecule has 1 heterocycles. The molecule has 0 bridgehead atoms. The number of nitrogens with zero attached hydrogens (tertiary/aromatic N) is 1. The van der Waals surface area contributed by atoms with Crippen LogP contribution in [0.25, 0.3) is 0 Å². The van der Waals surface area contributed by atoms with E-state index in [1.165, 1.54) is 4.90 Å². The number of amides is 1. The largest absolute Gasteiger partial charge is 0.300 e. The number of aryl methyl sites for hydroxylation is 1.